The molecule has 5 rings (SSSR count). The SMILES string of the molecule is Brc1ccc(-c2nc3ccccc3c3cc(-c4ccccc4)nn23)cc1. The number of hydrogen-bond acceptors (Lipinski definition) is 2. The molecule has 26 heavy (non-hydrogen) atoms. The van der Waals surface area contributed by atoms with Gasteiger partial charge in [-0.2, -0.15) is 5.10 Å². The Morgan fingerprint density at radius 2 is 1.46 bits per heavy atom. The molecule has 4 heteroatoms. The number of nitrogens with zero attached hydrogens (tertiary/aromatic N) is 3. The Morgan fingerprint density at radius 1 is 0.731 bits per heavy atom. The second-order valence-corrected chi connectivity index (χ2v) is 7.07. The maximum atomic E-state index is 4.90. The normalized spacial score (nSPS) is 11.3. The van der Waals surface area contributed by atoms with E-state index in [4.69, 9.17) is 10.1 Å². The average molecular weight is 400 g/mol. The summed E-state index contributed by atoms with van der Waals surface area (Å²) >= 11 is 3.50. The van der Waals surface area contributed by atoms with E-state index in [-0.39, 0.29) is 0 Å². The Balaban J connectivity index is 1.85. The minimum absolute atomic E-state index is 0.841. The van der Waals surface area contributed by atoms with Gasteiger partial charge >= 0.3 is 0 Å². The van der Waals surface area contributed by atoms with Gasteiger partial charge in [0.05, 0.1) is 16.7 Å². The predicted octanol–water partition coefficient (Wildman–Crippen LogP) is 5.98. The van der Waals surface area contributed by atoms with E-state index in [1.54, 1.807) is 0 Å². The van der Waals surface area contributed by atoms with E-state index < -0.39 is 0 Å². The maximum absolute atomic E-state index is 4.90. The number of aromatic nitrogens is 3. The van der Waals surface area contributed by atoms with Crippen LogP contribution >= 0.6 is 15.9 Å². The summed E-state index contributed by atoms with van der Waals surface area (Å²) in [6.45, 7) is 0. The molecule has 0 saturated carbocycles. The highest BCUT2D eigenvalue weighted by molar-refractivity contribution is 9.10. The topological polar surface area (TPSA) is 30.2 Å². The first-order valence-corrected chi connectivity index (χ1v) is 9.19. The molecule has 0 aliphatic carbocycles. The van der Waals surface area contributed by atoms with Crippen molar-refractivity contribution in [3.63, 3.8) is 0 Å². The standard InChI is InChI=1S/C22H14BrN3/c23-17-12-10-16(11-13-17)22-24-19-9-5-4-8-18(19)21-14-20(25-26(21)22)15-6-2-1-3-7-15/h1-14H. The second-order valence-electron chi connectivity index (χ2n) is 6.15. The van der Waals surface area contributed by atoms with Gasteiger partial charge in [-0.25, -0.2) is 9.50 Å². The molecule has 0 spiro atoms. The van der Waals surface area contributed by atoms with Crippen LogP contribution < -0.4 is 0 Å². The van der Waals surface area contributed by atoms with Gasteiger partial charge in [-0.05, 0) is 24.3 Å². The first kappa shape index (κ1) is 15.3. The van der Waals surface area contributed by atoms with Crippen molar-refractivity contribution in [1.82, 2.24) is 14.6 Å². The van der Waals surface area contributed by atoms with Gasteiger partial charge in [0, 0.05) is 21.0 Å². The van der Waals surface area contributed by atoms with Gasteiger partial charge in [0.1, 0.15) is 0 Å². The summed E-state index contributed by atoms with van der Waals surface area (Å²) in [4.78, 5) is 4.90. The largest absolute Gasteiger partial charge is 0.228 e. The van der Waals surface area contributed by atoms with Gasteiger partial charge in [0.25, 0.3) is 0 Å². The van der Waals surface area contributed by atoms with Crippen LogP contribution in [0.1, 0.15) is 0 Å². The lowest BCUT2D eigenvalue weighted by Crippen LogP contribution is -1.99. The van der Waals surface area contributed by atoms with Gasteiger partial charge in [-0.1, -0.05) is 76.6 Å². The molecular formula is C22H14BrN3. The number of para-hydroxylation sites is 1. The van der Waals surface area contributed by atoms with E-state index in [1.165, 1.54) is 0 Å². The molecule has 0 saturated heterocycles. The molecule has 0 aliphatic rings. The Bertz CT molecular complexity index is 1230. The van der Waals surface area contributed by atoms with Gasteiger partial charge in [0.2, 0.25) is 0 Å². The van der Waals surface area contributed by atoms with Gasteiger partial charge in [-0.15, -0.1) is 0 Å². The van der Waals surface area contributed by atoms with Crippen LogP contribution in [0.2, 0.25) is 0 Å². The summed E-state index contributed by atoms with van der Waals surface area (Å²) < 4.78 is 3.00. The minimum atomic E-state index is 0.841. The molecule has 2 heterocycles. The fraction of sp³-hybridized carbons (Fsp3) is 0. The molecule has 124 valence electrons. The predicted molar refractivity (Wildman–Crippen MR) is 109 cm³/mol. The molecule has 0 atom stereocenters. The molecular weight excluding hydrogens is 386 g/mol. The van der Waals surface area contributed by atoms with Gasteiger partial charge in [0.15, 0.2) is 5.82 Å². The molecule has 2 aromatic heterocycles. The fourth-order valence-electron chi connectivity index (χ4n) is 3.22. The van der Waals surface area contributed by atoms with E-state index in [0.29, 0.717) is 0 Å². The first-order chi connectivity index (χ1) is 12.8. The molecule has 0 bridgehead atoms. The highest BCUT2D eigenvalue weighted by atomic mass is 79.9. The number of fused-ring (bicyclic) bond motifs is 3. The van der Waals surface area contributed by atoms with E-state index in [0.717, 1.165) is 43.5 Å². The third-order valence-corrected chi connectivity index (χ3v) is 5.02. The van der Waals surface area contributed by atoms with Gasteiger partial charge in [-0.3, -0.25) is 0 Å². The lowest BCUT2D eigenvalue weighted by Gasteiger charge is -2.07. The van der Waals surface area contributed by atoms with Crippen LogP contribution in [0, 0.1) is 0 Å². The zero-order chi connectivity index (χ0) is 17.5. The van der Waals surface area contributed by atoms with Crippen molar-refractivity contribution < 1.29 is 0 Å². The zero-order valence-corrected chi connectivity index (χ0v) is 15.4. The Hall–Kier alpha value is -2.98. The van der Waals surface area contributed by atoms with Crippen LogP contribution in [0.15, 0.2) is 89.4 Å². The molecule has 3 aromatic carbocycles. The summed E-state index contributed by atoms with van der Waals surface area (Å²) in [5.41, 5.74) is 5.11. The van der Waals surface area contributed by atoms with E-state index in [1.807, 2.05) is 53.0 Å². The molecule has 0 aliphatic heterocycles. The van der Waals surface area contributed by atoms with E-state index >= 15 is 0 Å². The van der Waals surface area contributed by atoms with E-state index in [9.17, 15) is 0 Å². The smallest absolute Gasteiger partial charge is 0.161 e. The Morgan fingerprint density at radius 3 is 2.27 bits per heavy atom. The Kier molecular flexibility index (Phi) is 3.57. The van der Waals surface area contributed by atoms with Crippen molar-refractivity contribution in [2.45, 2.75) is 0 Å². The van der Waals surface area contributed by atoms with Crippen LogP contribution in [0.3, 0.4) is 0 Å². The van der Waals surface area contributed by atoms with Crippen molar-refractivity contribution >= 4 is 32.3 Å². The van der Waals surface area contributed by atoms with Crippen LogP contribution in [0.25, 0.3) is 39.1 Å². The molecule has 0 radical (unpaired) electrons. The fourth-order valence-corrected chi connectivity index (χ4v) is 3.48. The average Bonchev–Trinajstić information content (AvgIpc) is 3.14. The van der Waals surface area contributed by atoms with Crippen LogP contribution in [0.5, 0.6) is 0 Å². The molecule has 0 unspecified atom stereocenters. The van der Waals surface area contributed by atoms with Crippen molar-refractivity contribution in [2.24, 2.45) is 0 Å². The Labute approximate surface area is 159 Å². The summed E-state index contributed by atoms with van der Waals surface area (Å²) in [6.07, 6.45) is 0. The van der Waals surface area contributed by atoms with Crippen LogP contribution in [-0.4, -0.2) is 14.6 Å². The number of hydrogen-bond donors (Lipinski definition) is 0. The molecule has 0 amide bonds. The van der Waals surface area contributed by atoms with Gasteiger partial charge < -0.3 is 0 Å². The van der Waals surface area contributed by atoms with Crippen LogP contribution in [-0.2, 0) is 0 Å². The lowest BCUT2D eigenvalue weighted by molar-refractivity contribution is 0.949. The lowest BCUT2D eigenvalue weighted by atomic mass is 10.1. The minimum Gasteiger partial charge on any atom is -0.228 e. The summed E-state index contributed by atoms with van der Waals surface area (Å²) in [6, 6.07) is 28.8. The number of benzene rings is 3. The van der Waals surface area contributed by atoms with Crippen molar-refractivity contribution in [3.05, 3.63) is 89.4 Å². The highest BCUT2D eigenvalue weighted by Crippen LogP contribution is 2.29. The van der Waals surface area contributed by atoms with Crippen LogP contribution in [0.4, 0.5) is 0 Å². The maximum Gasteiger partial charge on any atom is 0.161 e. The molecule has 0 N–H and O–H groups in total. The third-order valence-electron chi connectivity index (χ3n) is 4.49. The van der Waals surface area contributed by atoms with Crippen molar-refractivity contribution in [3.8, 4) is 22.6 Å². The summed E-state index contributed by atoms with van der Waals surface area (Å²) in [7, 11) is 0. The molecule has 5 aromatic rings. The molecule has 3 nitrogen and oxygen atoms in total. The summed E-state index contributed by atoms with van der Waals surface area (Å²) in [5, 5.41) is 5.97. The van der Waals surface area contributed by atoms with E-state index in [2.05, 4.69) is 52.3 Å². The molecule has 0 fully saturated rings. The quantitative estimate of drug-likeness (QED) is 0.365. The summed E-state index contributed by atoms with van der Waals surface area (Å²) in [5.74, 6) is 0.841. The first-order valence-electron chi connectivity index (χ1n) is 8.39. The zero-order valence-electron chi connectivity index (χ0n) is 13.8. The number of halogens is 1. The number of rotatable bonds is 2. The third kappa shape index (κ3) is 2.50. The monoisotopic (exact) mass is 399 g/mol. The van der Waals surface area contributed by atoms with Crippen molar-refractivity contribution in [1.29, 1.82) is 0 Å². The van der Waals surface area contributed by atoms with Crippen molar-refractivity contribution in [2.75, 3.05) is 0 Å². The highest BCUT2D eigenvalue weighted by Gasteiger charge is 2.14. The second kappa shape index (κ2) is 6.07.